The summed E-state index contributed by atoms with van der Waals surface area (Å²) in [7, 11) is 0. The van der Waals surface area contributed by atoms with Gasteiger partial charge in [0, 0.05) is 21.1 Å². The lowest BCUT2D eigenvalue weighted by Crippen LogP contribution is -2.13. The maximum atomic E-state index is 12.4. The number of carbonyl (C=O) groups excluding carboxylic acids is 1. The molecule has 0 unspecified atom stereocenters. The summed E-state index contributed by atoms with van der Waals surface area (Å²) in [6.45, 7) is 3.95. The molecule has 2 N–H and O–H groups in total. The number of aryl methyl sites for hydroxylation is 2. The van der Waals surface area contributed by atoms with E-state index in [1.54, 1.807) is 0 Å². The lowest BCUT2D eigenvalue weighted by molar-refractivity contribution is 0.102. The number of halogens is 1. The smallest absolute Gasteiger partial charge is 0.272 e. The fourth-order valence-electron chi connectivity index (χ4n) is 2.43. The first-order chi connectivity index (χ1) is 10.1. The number of H-pyrrole nitrogens is 1. The molecule has 0 fully saturated rings. The summed E-state index contributed by atoms with van der Waals surface area (Å²) in [5.41, 5.74) is 4.43. The van der Waals surface area contributed by atoms with Gasteiger partial charge in [-0.2, -0.15) is 0 Å². The number of benzene rings is 2. The van der Waals surface area contributed by atoms with Gasteiger partial charge in [0.2, 0.25) is 0 Å². The Morgan fingerprint density at radius 1 is 1.14 bits per heavy atom. The van der Waals surface area contributed by atoms with Gasteiger partial charge in [-0.25, -0.2) is 0 Å². The van der Waals surface area contributed by atoms with Crippen molar-refractivity contribution in [3.63, 3.8) is 0 Å². The highest BCUT2D eigenvalue weighted by atomic mass is 79.9. The van der Waals surface area contributed by atoms with Gasteiger partial charge in [0.1, 0.15) is 5.69 Å². The predicted octanol–water partition coefficient (Wildman–Crippen LogP) is 4.80. The number of aromatic amines is 1. The number of fused-ring (bicyclic) bond motifs is 1. The third-order valence-corrected chi connectivity index (χ3v) is 4.50. The average Bonchev–Trinajstić information content (AvgIpc) is 2.81. The van der Waals surface area contributed by atoms with E-state index in [1.165, 1.54) is 0 Å². The number of amides is 1. The molecule has 3 nitrogen and oxygen atoms in total. The van der Waals surface area contributed by atoms with Gasteiger partial charge in [0.15, 0.2) is 0 Å². The van der Waals surface area contributed by atoms with E-state index in [0.717, 1.165) is 32.2 Å². The van der Waals surface area contributed by atoms with E-state index in [1.807, 2.05) is 56.3 Å². The van der Waals surface area contributed by atoms with Gasteiger partial charge in [0.25, 0.3) is 5.91 Å². The zero-order valence-corrected chi connectivity index (χ0v) is 13.4. The summed E-state index contributed by atoms with van der Waals surface area (Å²) in [5, 5.41) is 4.02. The Morgan fingerprint density at radius 2 is 1.90 bits per heavy atom. The maximum Gasteiger partial charge on any atom is 0.272 e. The van der Waals surface area contributed by atoms with Crippen LogP contribution in [0.4, 0.5) is 5.69 Å². The number of hydrogen-bond donors (Lipinski definition) is 2. The Labute approximate surface area is 131 Å². The topological polar surface area (TPSA) is 44.9 Å². The largest absolute Gasteiger partial charge is 0.350 e. The molecule has 0 atom stereocenters. The molecule has 3 aromatic rings. The van der Waals surface area contributed by atoms with E-state index >= 15 is 0 Å². The number of aromatic nitrogens is 1. The van der Waals surface area contributed by atoms with Gasteiger partial charge in [-0.1, -0.05) is 34.1 Å². The second kappa shape index (κ2) is 5.37. The molecule has 1 heterocycles. The molecule has 0 saturated carbocycles. The summed E-state index contributed by atoms with van der Waals surface area (Å²) in [4.78, 5) is 15.6. The first kappa shape index (κ1) is 13.9. The van der Waals surface area contributed by atoms with E-state index in [9.17, 15) is 4.79 Å². The molecular weight excluding hydrogens is 328 g/mol. The zero-order chi connectivity index (χ0) is 15.0. The Balaban J connectivity index is 1.93. The van der Waals surface area contributed by atoms with Crippen LogP contribution in [0, 0.1) is 13.8 Å². The number of anilines is 1. The van der Waals surface area contributed by atoms with Crippen LogP contribution in [0.3, 0.4) is 0 Å². The summed E-state index contributed by atoms with van der Waals surface area (Å²) in [6, 6.07) is 13.7. The maximum absolute atomic E-state index is 12.4. The van der Waals surface area contributed by atoms with Crippen molar-refractivity contribution in [3.05, 3.63) is 63.8 Å². The van der Waals surface area contributed by atoms with E-state index in [4.69, 9.17) is 0 Å². The SMILES string of the molecule is Cc1cc(NC(=O)c2[nH]c3ccccc3c2C)ccc1Br. The van der Waals surface area contributed by atoms with Crippen molar-refractivity contribution in [2.45, 2.75) is 13.8 Å². The average molecular weight is 343 g/mol. The Kier molecular flexibility index (Phi) is 3.55. The third kappa shape index (κ3) is 2.59. The van der Waals surface area contributed by atoms with Crippen LogP contribution in [0.15, 0.2) is 46.9 Å². The number of nitrogens with one attached hydrogen (secondary N) is 2. The molecule has 3 rings (SSSR count). The fraction of sp³-hybridized carbons (Fsp3) is 0.118. The molecule has 0 saturated heterocycles. The van der Waals surface area contributed by atoms with E-state index in [-0.39, 0.29) is 5.91 Å². The molecule has 0 radical (unpaired) electrons. The molecule has 0 bridgehead atoms. The van der Waals surface area contributed by atoms with Crippen LogP contribution >= 0.6 is 15.9 Å². The molecule has 21 heavy (non-hydrogen) atoms. The van der Waals surface area contributed by atoms with Crippen LogP contribution in [0.1, 0.15) is 21.6 Å². The highest BCUT2D eigenvalue weighted by molar-refractivity contribution is 9.10. The lowest BCUT2D eigenvalue weighted by atomic mass is 10.1. The fourth-order valence-corrected chi connectivity index (χ4v) is 2.67. The number of para-hydroxylation sites is 1. The van der Waals surface area contributed by atoms with Crippen molar-refractivity contribution >= 4 is 38.4 Å². The van der Waals surface area contributed by atoms with Crippen molar-refractivity contribution < 1.29 is 4.79 Å². The molecule has 1 aromatic heterocycles. The van der Waals surface area contributed by atoms with Gasteiger partial charge in [-0.15, -0.1) is 0 Å². The minimum absolute atomic E-state index is 0.120. The molecular formula is C17H15BrN2O. The van der Waals surface area contributed by atoms with Crippen molar-refractivity contribution in [2.24, 2.45) is 0 Å². The molecule has 0 aliphatic carbocycles. The summed E-state index contributed by atoms with van der Waals surface area (Å²) >= 11 is 3.46. The van der Waals surface area contributed by atoms with Crippen molar-refractivity contribution in [3.8, 4) is 0 Å². The van der Waals surface area contributed by atoms with Crippen LogP contribution in [-0.2, 0) is 0 Å². The molecule has 0 spiro atoms. The van der Waals surface area contributed by atoms with Crippen molar-refractivity contribution in [1.29, 1.82) is 0 Å². The Bertz CT molecular complexity index is 836. The number of hydrogen-bond acceptors (Lipinski definition) is 1. The molecule has 4 heteroatoms. The standard InChI is InChI=1S/C17H15BrN2O/c1-10-9-12(7-8-14(10)18)19-17(21)16-11(2)13-5-3-4-6-15(13)20-16/h3-9,20H,1-2H3,(H,19,21). The van der Waals surface area contributed by atoms with Gasteiger partial charge < -0.3 is 10.3 Å². The summed E-state index contributed by atoms with van der Waals surface area (Å²) in [6.07, 6.45) is 0. The van der Waals surface area contributed by atoms with Gasteiger partial charge in [-0.3, -0.25) is 4.79 Å². The lowest BCUT2D eigenvalue weighted by Gasteiger charge is -2.07. The van der Waals surface area contributed by atoms with E-state index in [2.05, 4.69) is 26.2 Å². The molecule has 2 aromatic carbocycles. The highest BCUT2D eigenvalue weighted by Gasteiger charge is 2.14. The van der Waals surface area contributed by atoms with Gasteiger partial charge in [-0.05, 0) is 49.2 Å². The van der Waals surface area contributed by atoms with Crippen molar-refractivity contribution in [1.82, 2.24) is 4.98 Å². The number of rotatable bonds is 2. The molecule has 106 valence electrons. The van der Waals surface area contributed by atoms with Crippen LogP contribution < -0.4 is 5.32 Å². The van der Waals surface area contributed by atoms with Crippen LogP contribution in [0.25, 0.3) is 10.9 Å². The summed E-state index contributed by atoms with van der Waals surface area (Å²) in [5.74, 6) is -0.120. The van der Waals surface area contributed by atoms with Crippen LogP contribution in [0.2, 0.25) is 0 Å². The Hall–Kier alpha value is -2.07. The monoisotopic (exact) mass is 342 g/mol. The zero-order valence-electron chi connectivity index (χ0n) is 11.8. The minimum Gasteiger partial charge on any atom is -0.350 e. The number of carbonyl (C=O) groups is 1. The normalized spacial score (nSPS) is 10.8. The first-order valence-corrected chi connectivity index (χ1v) is 7.50. The quantitative estimate of drug-likeness (QED) is 0.690. The molecule has 0 aliphatic rings. The van der Waals surface area contributed by atoms with E-state index < -0.39 is 0 Å². The second-order valence-electron chi connectivity index (χ2n) is 5.09. The highest BCUT2D eigenvalue weighted by Crippen LogP contribution is 2.23. The van der Waals surface area contributed by atoms with Gasteiger partial charge in [0.05, 0.1) is 0 Å². The predicted molar refractivity (Wildman–Crippen MR) is 89.9 cm³/mol. The second-order valence-corrected chi connectivity index (χ2v) is 5.94. The minimum atomic E-state index is -0.120. The molecule has 0 aliphatic heterocycles. The molecule has 1 amide bonds. The van der Waals surface area contributed by atoms with Crippen LogP contribution in [-0.4, -0.2) is 10.9 Å². The first-order valence-electron chi connectivity index (χ1n) is 6.71. The van der Waals surface area contributed by atoms with Crippen LogP contribution in [0.5, 0.6) is 0 Å². The van der Waals surface area contributed by atoms with Crippen molar-refractivity contribution in [2.75, 3.05) is 5.32 Å². The van der Waals surface area contributed by atoms with E-state index in [0.29, 0.717) is 5.69 Å². The summed E-state index contributed by atoms with van der Waals surface area (Å²) < 4.78 is 1.03. The Morgan fingerprint density at radius 3 is 2.62 bits per heavy atom. The third-order valence-electron chi connectivity index (χ3n) is 3.61. The van der Waals surface area contributed by atoms with Gasteiger partial charge >= 0.3 is 0 Å².